The van der Waals surface area contributed by atoms with Crippen molar-refractivity contribution in [2.24, 2.45) is 0 Å². The second-order valence-electron chi connectivity index (χ2n) is 3.25. The summed E-state index contributed by atoms with van der Waals surface area (Å²) in [5.74, 6) is -0.686. The molecule has 92 valence electrons. The summed E-state index contributed by atoms with van der Waals surface area (Å²) >= 11 is 0. The van der Waals surface area contributed by atoms with Crippen molar-refractivity contribution in [3.05, 3.63) is 29.3 Å². The number of alkyl halides is 3. The van der Waals surface area contributed by atoms with Crippen LogP contribution in [0.15, 0.2) is 18.2 Å². The molecular weight excluding hydrogens is 247 g/mol. The molecule has 1 amide bonds. The number of hydrogen-bond donors (Lipinski definition) is 1. The Balaban J connectivity index is 3.07. The van der Waals surface area contributed by atoms with Gasteiger partial charge in [-0.25, -0.2) is 0 Å². The van der Waals surface area contributed by atoms with Gasteiger partial charge >= 0.3 is 6.18 Å². The number of nitrogens with one attached hydrogen (secondary N) is 1. The fraction of sp³-hybridized carbons (Fsp3) is 0.182. The van der Waals surface area contributed by atoms with Gasteiger partial charge in [-0.2, -0.15) is 23.7 Å². The molecule has 1 aromatic rings. The van der Waals surface area contributed by atoms with Gasteiger partial charge in [0.05, 0.1) is 22.9 Å². The Hall–Kier alpha value is -2.54. The zero-order valence-electron chi connectivity index (χ0n) is 8.88. The van der Waals surface area contributed by atoms with Gasteiger partial charge in [-0.15, -0.1) is 0 Å². The lowest BCUT2D eigenvalue weighted by Crippen LogP contribution is -2.12. The zero-order chi connectivity index (χ0) is 13.8. The van der Waals surface area contributed by atoms with E-state index in [2.05, 4.69) is 5.32 Å². The van der Waals surface area contributed by atoms with Crippen LogP contribution in [0.3, 0.4) is 0 Å². The lowest BCUT2D eigenvalue weighted by atomic mass is 10.1. The van der Waals surface area contributed by atoms with Crippen LogP contribution in [0.5, 0.6) is 0 Å². The SMILES string of the molecule is N#CCC(=O)Nc1ccc(C(F)(F)F)cc1C#N. The Labute approximate surface area is 100 Å². The predicted octanol–water partition coefficient (Wildman–Crippen LogP) is 2.43. The average Bonchev–Trinajstić information content (AvgIpc) is 2.28. The molecule has 0 aliphatic rings. The summed E-state index contributed by atoms with van der Waals surface area (Å²) < 4.78 is 37.1. The first kappa shape index (κ1) is 13.5. The van der Waals surface area contributed by atoms with E-state index in [1.807, 2.05) is 0 Å². The number of rotatable bonds is 2. The van der Waals surface area contributed by atoms with Gasteiger partial charge in [0, 0.05) is 0 Å². The minimum atomic E-state index is -4.55. The summed E-state index contributed by atoms with van der Waals surface area (Å²) in [6.45, 7) is 0. The zero-order valence-corrected chi connectivity index (χ0v) is 8.88. The Morgan fingerprint density at radius 3 is 2.50 bits per heavy atom. The molecule has 18 heavy (non-hydrogen) atoms. The molecule has 0 saturated carbocycles. The van der Waals surface area contributed by atoms with E-state index in [0.717, 1.165) is 12.1 Å². The summed E-state index contributed by atoms with van der Waals surface area (Å²) in [6.07, 6.45) is -4.99. The molecule has 0 saturated heterocycles. The Bertz CT molecular complexity index is 552. The highest BCUT2D eigenvalue weighted by atomic mass is 19.4. The molecule has 4 nitrogen and oxygen atoms in total. The van der Waals surface area contributed by atoms with E-state index >= 15 is 0 Å². The van der Waals surface area contributed by atoms with Crippen LogP contribution in [0, 0.1) is 22.7 Å². The number of hydrogen-bond acceptors (Lipinski definition) is 3. The number of benzene rings is 1. The van der Waals surface area contributed by atoms with E-state index in [9.17, 15) is 18.0 Å². The molecule has 0 bridgehead atoms. The van der Waals surface area contributed by atoms with E-state index in [1.54, 1.807) is 12.1 Å². The van der Waals surface area contributed by atoms with Crippen LogP contribution in [0.2, 0.25) is 0 Å². The monoisotopic (exact) mass is 253 g/mol. The maximum Gasteiger partial charge on any atom is 0.416 e. The van der Waals surface area contributed by atoms with Gasteiger partial charge in [-0.05, 0) is 18.2 Å². The van der Waals surface area contributed by atoms with Crippen molar-refractivity contribution < 1.29 is 18.0 Å². The van der Waals surface area contributed by atoms with Crippen molar-refractivity contribution in [1.82, 2.24) is 0 Å². The second-order valence-corrected chi connectivity index (χ2v) is 3.25. The predicted molar refractivity (Wildman–Crippen MR) is 55.0 cm³/mol. The quantitative estimate of drug-likeness (QED) is 0.879. The van der Waals surface area contributed by atoms with Crippen LogP contribution in [0.25, 0.3) is 0 Å². The summed E-state index contributed by atoms with van der Waals surface area (Å²) in [6, 6.07) is 5.52. The third-order valence-electron chi connectivity index (χ3n) is 1.98. The number of halogens is 3. The molecule has 0 fully saturated rings. The van der Waals surface area contributed by atoms with E-state index in [4.69, 9.17) is 10.5 Å². The lowest BCUT2D eigenvalue weighted by Gasteiger charge is -2.10. The number of carbonyl (C=O) groups is 1. The maximum atomic E-state index is 12.4. The highest BCUT2D eigenvalue weighted by Crippen LogP contribution is 2.31. The fourth-order valence-corrected chi connectivity index (χ4v) is 1.19. The molecule has 0 radical (unpaired) electrons. The van der Waals surface area contributed by atoms with Crippen molar-refractivity contribution >= 4 is 11.6 Å². The minimum absolute atomic E-state index is 0.0502. The normalized spacial score (nSPS) is 10.3. The van der Waals surface area contributed by atoms with Gasteiger partial charge in [0.15, 0.2) is 0 Å². The molecule has 1 aromatic carbocycles. The van der Waals surface area contributed by atoms with Crippen molar-refractivity contribution in [3.63, 3.8) is 0 Å². The number of anilines is 1. The number of nitrogens with zero attached hydrogens (tertiary/aromatic N) is 2. The number of amides is 1. The fourth-order valence-electron chi connectivity index (χ4n) is 1.19. The smallest absolute Gasteiger partial charge is 0.324 e. The van der Waals surface area contributed by atoms with Crippen LogP contribution in [-0.2, 0) is 11.0 Å². The van der Waals surface area contributed by atoms with Gasteiger partial charge in [0.2, 0.25) is 5.91 Å². The first-order valence-electron chi connectivity index (χ1n) is 4.66. The van der Waals surface area contributed by atoms with Crippen molar-refractivity contribution in [3.8, 4) is 12.1 Å². The third kappa shape index (κ3) is 3.22. The largest absolute Gasteiger partial charge is 0.416 e. The van der Waals surface area contributed by atoms with Crippen molar-refractivity contribution in [1.29, 1.82) is 10.5 Å². The second kappa shape index (κ2) is 5.19. The van der Waals surface area contributed by atoms with Crippen LogP contribution < -0.4 is 5.32 Å². The number of carbonyl (C=O) groups excluding carboxylic acids is 1. The van der Waals surface area contributed by atoms with Crippen molar-refractivity contribution in [2.75, 3.05) is 5.32 Å². The molecule has 7 heteroatoms. The lowest BCUT2D eigenvalue weighted by molar-refractivity contribution is -0.137. The maximum absolute atomic E-state index is 12.4. The first-order chi connectivity index (χ1) is 8.38. The van der Waals surface area contributed by atoms with Crippen LogP contribution >= 0.6 is 0 Å². The van der Waals surface area contributed by atoms with Crippen molar-refractivity contribution in [2.45, 2.75) is 12.6 Å². The van der Waals surface area contributed by atoms with Crippen LogP contribution in [-0.4, -0.2) is 5.91 Å². The molecule has 0 aromatic heterocycles. The Morgan fingerprint density at radius 2 is 2.00 bits per heavy atom. The van der Waals surface area contributed by atoms with Gasteiger partial charge < -0.3 is 5.32 Å². The van der Waals surface area contributed by atoms with E-state index in [0.29, 0.717) is 6.07 Å². The molecule has 1 N–H and O–H groups in total. The first-order valence-corrected chi connectivity index (χ1v) is 4.66. The highest BCUT2D eigenvalue weighted by Gasteiger charge is 2.31. The molecule has 0 aliphatic carbocycles. The van der Waals surface area contributed by atoms with E-state index in [-0.39, 0.29) is 11.3 Å². The highest BCUT2D eigenvalue weighted by molar-refractivity contribution is 5.93. The minimum Gasteiger partial charge on any atom is -0.324 e. The Morgan fingerprint density at radius 1 is 1.33 bits per heavy atom. The summed E-state index contributed by atoms with van der Waals surface area (Å²) in [5, 5.41) is 19.2. The third-order valence-corrected chi connectivity index (χ3v) is 1.98. The Kier molecular flexibility index (Phi) is 3.90. The molecule has 0 heterocycles. The number of nitriles is 2. The summed E-state index contributed by atoms with van der Waals surface area (Å²) in [4.78, 5) is 11.1. The van der Waals surface area contributed by atoms with E-state index in [1.165, 1.54) is 0 Å². The van der Waals surface area contributed by atoms with Crippen LogP contribution in [0.4, 0.5) is 18.9 Å². The van der Waals surface area contributed by atoms with Gasteiger partial charge in [-0.1, -0.05) is 0 Å². The molecule has 0 unspecified atom stereocenters. The van der Waals surface area contributed by atoms with Gasteiger partial charge in [0.1, 0.15) is 12.5 Å². The summed E-state index contributed by atoms with van der Waals surface area (Å²) in [7, 11) is 0. The topological polar surface area (TPSA) is 76.7 Å². The standard InChI is InChI=1S/C11H6F3N3O/c12-11(13,14)8-1-2-9(7(5-8)6-16)17-10(18)3-4-15/h1-2,5H,3H2,(H,17,18). The van der Waals surface area contributed by atoms with Gasteiger partial charge in [-0.3, -0.25) is 4.79 Å². The molecule has 0 spiro atoms. The molecular formula is C11H6F3N3O. The summed E-state index contributed by atoms with van der Waals surface area (Å²) in [5.41, 5.74) is -1.33. The van der Waals surface area contributed by atoms with Gasteiger partial charge in [0.25, 0.3) is 0 Å². The van der Waals surface area contributed by atoms with Crippen LogP contribution in [0.1, 0.15) is 17.5 Å². The molecule has 0 atom stereocenters. The molecule has 1 rings (SSSR count). The average molecular weight is 253 g/mol. The molecule has 0 aliphatic heterocycles. The van der Waals surface area contributed by atoms with E-state index < -0.39 is 24.1 Å².